The fourth-order valence-corrected chi connectivity index (χ4v) is 0.718. The molecular formula is C4H4ClINNaO2. The van der Waals surface area contributed by atoms with Gasteiger partial charge in [-0.2, -0.15) is 4.42 Å². The Labute approximate surface area is 90.0 Å². The first-order valence-corrected chi connectivity index (χ1v) is 10.2. The molecule has 1 fully saturated rings. The molecule has 0 spiro atoms. The van der Waals surface area contributed by atoms with Gasteiger partial charge in [-0.1, -0.05) is 0 Å². The van der Waals surface area contributed by atoms with Gasteiger partial charge >= 0.3 is 40.6 Å². The van der Waals surface area contributed by atoms with E-state index in [1.165, 1.54) is 23.4 Å². The van der Waals surface area contributed by atoms with Gasteiger partial charge in [-0.3, -0.25) is 9.59 Å². The van der Waals surface area contributed by atoms with Crippen LogP contribution in [-0.2, 0) is 9.59 Å². The summed E-state index contributed by atoms with van der Waals surface area (Å²) in [5.74, 6) is -0.590. The average Bonchev–Trinajstić information content (AvgIpc) is 2.25. The number of hydrogen-bond donors (Lipinski definition) is 0. The van der Waals surface area contributed by atoms with Gasteiger partial charge in [0.25, 0.3) is 0 Å². The van der Waals surface area contributed by atoms with Crippen LogP contribution < -0.4 is 0 Å². The number of imide groups is 1. The van der Waals surface area contributed by atoms with Gasteiger partial charge in [-0.15, -0.1) is 0 Å². The predicted molar refractivity (Wildman–Crippen MR) is 46.7 cm³/mol. The second-order valence-electron chi connectivity index (χ2n) is 1.57. The van der Waals surface area contributed by atoms with Gasteiger partial charge in [0.05, 0.1) is 0 Å². The van der Waals surface area contributed by atoms with Crippen LogP contribution in [0, 0.1) is 0 Å². The molecule has 1 aliphatic heterocycles. The Morgan fingerprint density at radius 1 is 1.30 bits per heavy atom. The normalized spacial score (nSPS) is 17.0. The minimum absolute atomic E-state index is 0.266. The topological polar surface area (TPSA) is 37.4 Å². The Hall–Kier alpha value is 1.16. The standard InChI is InChI=1S/C4H4ClNO2.HI.Na/c5-6-3(7)1-2-4(6)8;;/h1-2H2;1H;/q;;+1/p-1. The molecule has 0 atom stereocenters. The first-order valence-electron chi connectivity index (χ1n) is 2.61. The van der Waals surface area contributed by atoms with Crippen molar-refractivity contribution in [3.05, 3.63) is 0 Å². The maximum atomic E-state index is 10.4. The average molecular weight is 283 g/mol. The molecule has 0 N–H and O–H groups in total. The molecule has 0 radical (unpaired) electrons. The van der Waals surface area contributed by atoms with Gasteiger partial charge in [-0.05, 0) is 0 Å². The quantitative estimate of drug-likeness (QED) is 0.285. The van der Waals surface area contributed by atoms with Gasteiger partial charge in [0.15, 0.2) is 0 Å². The Kier molecular flexibility index (Phi) is 6.43. The van der Waals surface area contributed by atoms with Crippen molar-refractivity contribution in [3.63, 3.8) is 0 Å². The molecule has 2 amide bonds. The van der Waals surface area contributed by atoms with Gasteiger partial charge in [0.1, 0.15) is 0 Å². The van der Waals surface area contributed by atoms with Crippen LogP contribution in [-0.4, -0.2) is 39.7 Å². The number of hydrogen-bond acceptors (Lipinski definition) is 2. The molecule has 1 heterocycles. The molecular weight excluding hydrogens is 279 g/mol. The molecule has 3 nitrogen and oxygen atoms in total. The summed E-state index contributed by atoms with van der Waals surface area (Å²) in [6.07, 6.45) is 0.532. The molecule has 6 heteroatoms. The maximum absolute atomic E-state index is 10.4. The molecule has 1 rings (SSSR count). The number of rotatable bonds is 0. The molecule has 0 aromatic carbocycles. The van der Waals surface area contributed by atoms with Crippen molar-refractivity contribution in [2.75, 3.05) is 0 Å². The van der Waals surface area contributed by atoms with E-state index < -0.39 is 0 Å². The number of carbonyl (C=O) groups excluding carboxylic acids is 2. The van der Waals surface area contributed by atoms with Gasteiger partial charge < -0.3 is 0 Å². The summed E-state index contributed by atoms with van der Waals surface area (Å²) < 4.78 is 0.639. The Morgan fingerprint density at radius 2 is 1.60 bits per heavy atom. The number of amides is 2. The summed E-state index contributed by atoms with van der Waals surface area (Å²) in [5, 5.41) is 0. The van der Waals surface area contributed by atoms with E-state index in [1.54, 1.807) is 0 Å². The van der Waals surface area contributed by atoms with Crippen LogP contribution in [0.4, 0.5) is 0 Å². The molecule has 52 valence electrons. The molecule has 10 heavy (non-hydrogen) atoms. The zero-order valence-electron chi connectivity index (χ0n) is 5.43. The van der Waals surface area contributed by atoms with E-state index in [9.17, 15) is 9.59 Å². The van der Waals surface area contributed by atoms with Crippen molar-refractivity contribution in [1.82, 2.24) is 4.42 Å². The summed E-state index contributed by atoms with van der Waals surface area (Å²) in [4.78, 5) is 20.7. The van der Waals surface area contributed by atoms with Crippen molar-refractivity contribution in [2.24, 2.45) is 0 Å². The number of carbonyl (C=O) groups is 2. The third-order valence-electron chi connectivity index (χ3n) is 0.991. The van der Waals surface area contributed by atoms with Gasteiger partial charge in [-0.25, -0.2) is 0 Å². The van der Waals surface area contributed by atoms with Gasteiger partial charge in [0, 0.05) is 24.6 Å². The van der Waals surface area contributed by atoms with E-state index in [-0.39, 0.29) is 24.7 Å². The molecule has 0 aromatic rings. The molecule has 0 aromatic heterocycles. The summed E-state index contributed by atoms with van der Waals surface area (Å²) in [5.41, 5.74) is 0. The summed E-state index contributed by atoms with van der Waals surface area (Å²) in [6, 6.07) is 0. The SMILES string of the molecule is O=C1CCC(=O)N1Cl.[Na][I]. The van der Waals surface area contributed by atoms with E-state index in [0.29, 0.717) is 4.42 Å². The van der Waals surface area contributed by atoms with E-state index in [0.717, 1.165) is 0 Å². The molecule has 0 aliphatic carbocycles. The van der Waals surface area contributed by atoms with Crippen LogP contribution in [0.25, 0.3) is 0 Å². The minimum atomic E-state index is -0.295. The first kappa shape index (κ1) is 11.2. The second-order valence-corrected chi connectivity index (χ2v) is 1.91. The zero-order chi connectivity index (χ0) is 8.15. The van der Waals surface area contributed by atoms with Crippen molar-refractivity contribution in [1.29, 1.82) is 0 Å². The van der Waals surface area contributed by atoms with Crippen LogP contribution in [0.3, 0.4) is 0 Å². The van der Waals surface area contributed by atoms with Crippen LogP contribution in [0.2, 0.25) is 0 Å². The molecule has 0 saturated carbocycles. The number of halogens is 2. The van der Waals surface area contributed by atoms with Crippen molar-refractivity contribution in [3.8, 4) is 0 Å². The molecule has 1 saturated heterocycles. The van der Waals surface area contributed by atoms with E-state index in [2.05, 4.69) is 17.2 Å². The fourth-order valence-electron chi connectivity index (χ4n) is 0.549. The Bertz CT molecular complexity index is 138. The zero-order valence-corrected chi connectivity index (χ0v) is 10.3. The van der Waals surface area contributed by atoms with E-state index in [1.807, 2.05) is 0 Å². The van der Waals surface area contributed by atoms with Crippen LogP contribution in [0.5, 0.6) is 0 Å². The predicted octanol–water partition coefficient (Wildman–Crippen LogP) is 0.794. The van der Waals surface area contributed by atoms with E-state index in [4.69, 9.17) is 11.8 Å². The van der Waals surface area contributed by atoms with Crippen molar-refractivity contribution in [2.45, 2.75) is 12.8 Å². The third kappa shape index (κ3) is 3.04. The Morgan fingerprint density at radius 3 is 1.70 bits per heavy atom. The number of nitrogens with zero attached hydrogens (tertiary/aromatic N) is 1. The molecule has 1 aliphatic rings. The summed E-state index contributed by atoms with van der Waals surface area (Å²) >= 11 is 8.71. The van der Waals surface area contributed by atoms with Crippen molar-refractivity contribution < 1.29 is 9.59 Å². The monoisotopic (exact) mass is 283 g/mol. The van der Waals surface area contributed by atoms with E-state index >= 15 is 0 Å². The first-order chi connectivity index (χ1) is 4.72. The van der Waals surface area contributed by atoms with Crippen LogP contribution in [0.15, 0.2) is 0 Å². The second kappa shape index (κ2) is 5.77. The summed E-state index contributed by atoms with van der Waals surface area (Å²) in [7, 11) is 0. The van der Waals surface area contributed by atoms with Crippen LogP contribution in [0.1, 0.15) is 12.8 Å². The van der Waals surface area contributed by atoms with Crippen molar-refractivity contribution >= 4 is 64.2 Å². The fraction of sp³-hybridized carbons (Fsp3) is 0.500. The molecule has 0 unspecified atom stereocenters. The molecule has 0 bridgehead atoms. The Balaban J connectivity index is 0.000000371. The van der Waals surface area contributed by atoms with Crippen LogP contribution >= 0.6 is 28.9 Å². The van der Waals surface area contributed by atoms with Gasteiger partial charge in [0.2, 0.25) is 11.8 Å². The summed E-state index contributed by atoms with van der Waals surface area (Å²) in [6.45, 7) is 0. The third-order valence-corrected chi connectivity index (χ3v) is 1.37.